The summed E-state index contributed by atoms with van der Waals surface area (Å²) in [5, 5.41) is 13.0. The Hall–Kier alpha value is -2.81. The molecule has 0 spiro atoms. The molecule has 10 heteroatoms. The predicted molar refractivity (Wildman–Crippen MR) is 118 cm³/mol. The molecule has 0 unspecified atom stereocenters. The molecule has 0 saturated carbocycles. The number of nitrogens with one attached hydrogen (secondary N) is 1. The highest BCUT2D eigenvalue weighted by Crippen LogP contribution is 2.22. The van der Waals surface area contributed by atoms with Crippen LogP contribution in [0.4, 0.5) is 9.18 Å². The van der Waals surface area contributed by atoms with Crippen molar-refractivity contribution in [3.63, 3.8) is 0 Å². The van der Waals surface area contributed by atoms with Crippen LogP contribution in [0.15, 0.2) is 42.7 Å². The highest BCUT2D eigenvalue weighted by atomic mass is 35.5. The topological polar surface area (TPSA) is 91.2 Å². The minimum atomic E-state index is -0.711. The molecule has 166 valence electrons. The van der Waals surface area contributed by atoms with Crippen LogP contribution >= 0.6 is 23.2 Å². The Bertz CT molecular complexity index is 1150. The number of nitrogens with zero attached hydrogens (tertiary/aromatic N) is 4. The van der Waals surface area contributed by atoms with E-state index in [4.69, 9.17) is 23.2 Å². The molecule has 7 nitrogen and oxygen atoms in total. The van der Waals surface area contributed by atoms with Gasteiger partial charge in [0.1, 0.15) is 11.6 Å². The lowest BCUT2D eigenvalue weighted by Gasteiger charge is -2.30. The molecule has 3 aromatic rings. The summed E-state index contributed by atoms with van der Waals surface area (Å²) >= 11 is 11.9. The van der Waals surface area contributed by atoms with E-state index in [1.807, 2.05) is 0 Å². The number of hydrogen-bond acceptors (Lipinski definition) is 5. The van der Waals surface area contributed by atoms with E-state index >= 15 is 0 Å². The van der Waals surface area contributed by atoms with Crippen LogP contribution < -0.4 is 5.32 Å². The van der Waals surface area contributed by atoms with Crippen molar-refractivity contribution in [2.24, 2.45) is 0 Å². The van der Waals surface area contributed by atoms with Gasteiger partial charge in [-0.3, -0.25) is 4.98 Å². The molecular formula is C22H20Cl2FN5O2. The van der Waals surface area contributed by atoms with Gasteiger partial charge in [0.2, 0.25) is 0 Å². The predicted octanol–water partition coefficient (Wildman–Crippen LogP) is 3.71. The first-order valence-electron chi connectivity index (χ1n) is 9.98. The van der Waals surface area contributed by atoms with E-state index in [0.717, 1.165) is 17.0 Å². The van der Waals surface area contributed by atoms with Crippen LogP contribution in [-0.4, -0.2) is 44.1 Å². The number of aliphatic hydroxyl groups excluding tert-OH is 1. The fraction of sp³-hybridized carbons (Fsp3) is 0.273. The van der Waals surface area contributed by atoms with Crippen LogP contribution in [0.25, 0.3) is 0 Å². The van der Waals surface area contributed by atoms with Gasteiger partial charge in [0, 0.05) is 29.7 Å². The summed E-state index contributed by atoms with van der Waals surface area (Å²) in [4.78, 5) is 27.8. The number of aliphatic hydroxyl groups is 1. The minimum absolute atomic E-state index is 0.0690. The molecule has 2 aromatic heterocycles. The number of carbonyl (C=O) groups excluding carboxylic acids is 1. The fourth-order valence-electron chi connectivity index (χ4n) is 3.51. The van der Waals surface area contributed by atoms with Crippen LogP contribution in [0.1, 0.15) is 34.4 Å². The van der Waals surface area contributed by atoms with Gasteiger partial charge in [-0.2, -0.15) is 0 Å². The molecular weight excluding hydrogens is 456 g/mol. The Morgan fingerprint density at radius 3 is 2.84 bits per heavy atom. The van der Waals surface area contributed by atoms with Crippen molar-refractivity contribution in [2.75, 3.05) is 13.2 Å². The maximum absolute atomic E-state index is 13.4. The quantitative estimate of drug-likeness (QED) is 0.586. The van der Waals surface area contributed by atoms with Crippen molar-refractivity contribution >= 4 is 29.2 Å². The number of amides is 2. The van der Waals surface area contributed by atoms with E-state index in [2.05, 4.69) is 20.3 Å². The third-order valence-corrected chi connectivity index (χ3v) is 5.75. The molecule has 0 radical (unpaired) electrons. The molecule has 1 atom stereocenters. The van der Waals surface area contributed by atoms with Crippen molar-refractivity contribution in [3.8, 4) is 0 Å². The maximum atomic E-state index is 13.4. The molecule has 0 saturated heterocycles. The molecule has 1 aliphatic rings. The first-order valence-corrected chi connectivity index (χ1v) is 10.7. The lowest BCUT2D eigenvalue weighted by Crippen LogP contribution is -2.45. The highest BCUT2D eigenvalue weighted by Gasteiger charge is 2.25. The van der Waals surface area contributed by atoms with E-state index in [1.54, 1.807) is 29.4 Å². The minimum Gasteiger partial charge on any atom is -0.394 e. The third-order valence-electron chi connectivity index (χ3n) is 5.23. The van der Waals surface area contributed by atoms with Crippen molar-refractivity contribution in [3.05, 3.63) is 86.9 Å². The van der Waals surface area contributed by atoms with Crippen molar-refractivity contribution in [1.29, 1.82) is 0 Å². The fourth-order valence-corrected chi connectivity index (χ4v) is 3.89. The van der Waals surface area contributed by atoms with Gasteiger partial charge in [-0.15, -0.1) is 0 Å². The molecule has 0 bridgehead atoms. The Balaban J connectivity index is 1.45. The molecule has 0 aliphatic carbocycles. The van der Waals surface area contributed by atoms with E-state index in [-0.39, 0.29) is 17.7 Å². The second-order valence-corrected chi connectivity index (χ2v) is 8.27. The van der Waals surface area contributed by atoms with Crippen LogP contribution in [0.5, 0.6) is 0 Å². The third kappa shape index (κ3) is 5.15. The summed E-state index contributed by atoms with van der Waals surface area (Å²) in [7, 11) is 0. The van der Waals surface area contributed by atoms with Gasteiger partial charge < -0.3 is 15.3 Å². The normalized spacial score (nSPS) is 14.1. The van der Waals surface area contributed by atoms with Gasteiger partial charge in [0.25, 0.3) is 0 Å². The van der Waals surface area contributed by atoms with Gasteiger partial charge in [-0.25, -0.2) is 19.2 Å². The summed E-state index contributed by atoms with van der Waals surface area (Å²) in [6.07, 6.45) is 4.46. The van der Waals surface area contributed by atoms with E-state index in [1.165, 1.54) is 18.2 Å². The molecule has 1 aliphatic heterocycles. The molecule has 2 N–H and O–H groups in total. The van der Waals surface area contributed by atoms with Crippen LogP contribution in [0, 0.1) is 5.82 Å². The average molecular weight is 476 g/mol. The smallest absolute Gasteiger partial charge is 0.318 e. The van der Waals surface area contributed by atoms with Crippen LogP contribution in [0.2, 0.25) is 10.0 Å². The standard InChI is InChI=1S/C22H20Cl2FN5O2/c23-15-3-5-26-16(8-15)9-21-27-10-14-4-6-30(11-19(14)28-21)22(32)29-20(12-31)13-1-2-18(25)17(24)7-13/h1-3,5,7-8,10,20,31H,4,6,9,11-12H2,(H,29,32)/t20-/m1/s1. The Kier molecular flexibility index (Phi) is 6.83. The SMILES string of the molecule is O=C(N[C@H](CO)c1ccc(F)c(Cl)c1)N1CCc2cnc(Cc3cc(Cl)ccn3)nc2C1. The molecule has 32 heavy (non-hydrogen) atoms. The Labute approximate surface area is 194 Å². The zero-order valence-corrected chi connectivity index (χ0v) is 18.4. The maximum Gasteiger partial charge on any atom is 0.318 e. The van der Waals surface area contributed by atoms with Gasteiger partial charge >= 0.3 is 6.03 Å². The number of urea groups is 1. The van der Waals surface area contributed by atoms with E-state index in [0.29, 0.717) is 42.3 Å². The van der Waals surface area contributed by atoms with Crippen molar-refractivity contribution in [2.45, 2.75) is 25.4 Å². The van der Waals surface area contributed by atoms with Crippen molar-refractivity contribution < 1.29 is 14.3 Å². The molecule has 1 aromatic carbocycles. The summed E-state index contributed by atoms with van der Waals surface area (Å²) < 4.78 is 13.4. The monoisotopic (exact) mass is 475 g/mol. The first kappa shape index (κ1) is 22.4. The van der Waals surface area contributed by atoms with Crippen molar-refractivity contribution in [1.82, 2.24) is 25.2 Å². The van der Waals surface area contributed by atoms with Gasteiger partial charge in [-0.1, -0.05) is 29.3 Å². The largest absolute Gasteiger partial charge is 0.394 e. The Morgan fingerprint density at radius 2 is 2.09 bits per heavy atom. The van der Waals surface area contributed by atoms with E-state index < -0.39 is 11.9 Å². The highest BCUT2D eigenvalue weighted by molar-refractivity contribution is 6.31. The average Bonchev–Trinajstić information content (AvgIpc) is 2.78. The number of hydrogen-bond donors (Lipinski definition) is 2. The number of aromatic nitrogens is 3. The number of rotatable bonds is 5. The number of carbonyl (C=O) groups is 1. The van der Waals surface area contributed by atoms with Gasteiger partial charge in [-0.05, 0) is 41.8 Å². The van der Waals surface area contributed by atoms with E-state index in [9.17, 15) is 14.3 Å². The van der Waals surface area contributed by atoms with Gasteiger partial charge in [0.15, 0.2) is 0 Å². The van der Waals surface area contributed by atoms with Gasteiger partial charge in [0.05, 0.1) is 36.3 Å². The summed E-state index contributed by atoms with van der Waals surface area (Å²) in [5.74, 6) is 0.0319. The Morgan fingerprint density at radius 1 is 1.25 bits per heavy atom. The lowest BCUT2D eigenvalue weighted by atomic mass is 10.1. The molecule has 3 heterocycles. The molecule has 2 amide bonds. The molecule has 0 fully saturated rings. The summed E-state index contributed by atoms with van der Waals surface area (Å²) in [6, 6.07) is 6.49. The number of fused-ring (bicyclic) bond motifs is 1. The second-order valence-electron chi connectivity index (χ2n) is 7.43. The zero-order valence-electron chi connectivity index (χ0n) is 16.9. The summed E-state index contributed by atoms with van der Waals surface area (Å²) in [6.45, 7) is 0.443. The van der Waals surface area contributed by atoms with Crippen LogP contribution in [-0.2, 0) is 19.4 Å². The lowest BCUT2D eigenvalue weighted by molar-refractivity contribution is 0.176. The number of pyridine rings is 1. The number of halogens is 3. The zero-order chi connectivity index (χ0) is 22.7. The second kappa shape index (κ2) is 9.77. The summed E-state index contributed by atoms with van der Waals surface area (Å²) in [5.41, 5.74) is 3.03. The molecule has 4 rings (SSSR count). The number of benzene rings is 1. The van der Waals surface area contributed by atoms with Crippen LogP contribution in [0.3, 0.4) is 0 Å². The first-order chi connectivity index (χ1) is 15.4.